The molecule has 1 unspecified atom stereocenters. The Morgan fingerprint density at radius 1 is 1.44 bits per heavy atom. The van der Waals surface area contributed by atoms with Crippen molar-refractivity contribution in [2.75, 3.05) is 6.54 Å². The monoisotopic (exact) mass is 267 g/mol. The van der Waals surface area contributed by atoms with E-state index in [9.17, 15) is 14.4 Å². The Hall–Kier alpha value is -1.88. The van der Waals surface area contributed by atoms with E-state index >= 15 is 0 Å². The number of nitrogens with zero attached hydrogens (tertiary/aromatic N) is 1. The fourth-order valence-corrected chi connectivity index (χ4v) is 2.17. The van der Waals surface area contributed by atoms with Gasteiger partial charge in [0.25, 0.3) is 0 Å². The van der Waals surface area contributed by atoms with E-state index in [1.165, 1.54) is 0 Å². The van der Waals surface area contributed by atoms with Crippen LogP contribution in [0.15, 0.2) is 24.3 Å². The van der Waals surface area contributed by atoms with Gasteiger partial charge in [0.1, 0.15) is 6.54 Å². The first-order chi connectivity index (χ1) is 8.49. The highest BCUT2D eigenvalue weighted by atomic mass is 35.5. The number of halogens is 1. The first kappa shape index (κ1) is 12.6. The molecule has 18 heavy (non-hydrogen) atoms. The Bertz CT molecular complexity index is 529. The number of rotatable bonds is 3. The van der Waals surface area contributed by atoms with Gasteiger partial charge in [0.15, 0.2) is 0 Å². The van der Waals surface area contributed by atoms with Crippen molar-refractivity contribution in [2.45, 2.75) is 12.3 Å². The third-order valence-electron chi connectivity index (χ3n) is 2.79. The number of aliphatic carboxylic acids is 1. The van der Waals surface area contributed by atoms with Crippen LogP contribution in [0.2, 0.25) is 5.02 Å². The summed E-state index contributed by atoms with van der Waals surface area (Å²) in [6, 6.07) is 6.67. The Morgan fingerprint density at radius 2 is 2.17 bits per heavy atom. The van der Waals surface area contributed by atoms with Crippen LogP contribution < -0.4 is 0 Å². The second-order valence-electron chi connectivity index (χ2n) is 4.02. The molecule has 1 N–H and O–H groups in total. The summed E-state index contributed by atoms with van der Waals surface area (Å²) in [6.45, 7) is -0.589. The normalized spacial score (nSPS) is 19.4. The summed E-state index contributed by atoms with van der Waals surface area (Å²) in [4.78, 5) is 34.9. The lowest BCUT2D eigenvalue weighted by atomic mass is 9.98. The first-order valence-electron chi connectivity index (χ1n) is 5.30. The summed E-state index contributed by atoms with van der Waals surface area (Å²) in [5.41, 5.74) is 0.633. The van der Waals surface area contributed by atoms with E-state index in [0.29, 0.717) is 10.6 Å². The average Bonchev–Trinajstić information content (AvgIpc) is 2.56. The molecule has 0 radical (unpaired) electrons. The van der Waals surface area contributed by atoms with Gasteiger partial charge < -0.3 is 5.11 Å². The minimum absolute atomic E-state index is 0.00748. The first-order valence-corrected chi connectivity index (χ1v) is 5.68. The molecule has 1 atom stereocenters. The maximum absolute atomic E-state index is 12.0. The van der Waals surface area contributed by atoms with Crippen molar-refractivity contribution in [3.8, 4) is 0 Å². The number of hydrogen-bond acceptors (Lipinski definition) is 3. The third kappa shape index (κ3) is 2.36. The molecule has 1 saturated heterocycles. The van der Waals surface area contributed by atoms with Gasteiger partial charge in [0.2, 0.25) is 11.8 Å². The fraction of sp³-hybridized carbons (Fsp3) is 0.250. The van der Waals surface area contributed by atoms with Gasteiger partial charge in [-0.25, -0.2) is 0 Å². The second kappa shape index (κ2) is 4.78. The molecule has 1 aromatic rings. The van der Waals surface area contributed by atoms with Gasteiger partial charge in [-0.2, -0.15) is 0 Å². The van der Waals surface area contributed by atoms with Crippen molar-refractivity contribution in [3.05, 3.63) is 34.9 Å². The van der Waals surface area contributed by atoms with Crippen molar-refractivity contribution < 1.29 is 19.5 Å². The standard InChI is InChI=1S/C12H10ClNO4/c13-8-3-1-2-7(4-8)9-5-10(15)14(12(9)18)6-11(16)17/h1-4,9H,5-6H2,(H,16,17). The summed E-state index contributed by atoms with van der Waals surface area (Å²) >= 11 is 5.82. The van der Waals surface area contributed by atoms with E-state index in [1.54, 1.807) is 24.3 Å². The zero-order valence-corrected chi connectivity index (χ0v) is 10.1. The molecule has 0 bridgehead atoms. The van der Waals surface area contributed by atoms with Gasteiger partial charge in [-0.3, -0.25) is 19.3 Å². The molecule has 1 aliphatic heterocycles. The maximum atomic E-state index is 12.0. The highest BCUT2D eigenvalue weighted by Gasteiger charge is 2.40. The lowest BCUT2D eigenvalue weighted by molar-refractivity contribution is -0.148. The number of carboxylic acids is 1. The second-order valence-corrected chi connectivity index (χ2v) is 4.46. The topological polar surface area (TPSA) is 74.7 Å². The smallest absolute Gasteiger partial charge is 0.323 e. The number of benzene rings is 1. The molecule has 1 aromatic carbocycles. The molecule has 0 saturated carbocycles. The van der Waals surface area contributed by atoms with Crippen LogP contribution in [0.4, 0.5) is 0 Å². The average molecular weight is 268 g/mol. The molecule has 2 rings (SSSR count). The van der Waals surface area contributed by atoms with Gasteiger partial charge in [-0.15, -0.1) is 0 Å². The molecule has 5 nitrogen and oxygen atoms in total. The van der Waals surface area contributed by atoms with Gasteiger partial charge in [-0.05, 0) is 17.7 Å². The highest BCUT2D eigenvalue weighted by molar-refractivity contribution is 6.30. The molecule has 1 aliphatic rings. The molecule has 94 valence electrons. The van der Waals surface area contributed by atoms with E-state index < -0.39 is 30.2 Å². The number of likely N-dealkylation sites (tertiary alicyclic amines) is 1. The summed E-state index contributed by atoms with van der Waals surface area (Å²) in [6.07, 6.45) is -0.00748. The molecule has 2 amide bonds. The van der Waals surface area contributed by atoms with Crippen LogP contribution in [0, 0.1) is 0 Å². The van der Waals surface area contributed by atoms with Gasteiger partial charge in [-0.1, -0.05) is 23.7 Å². The van der Waals surface area contributed by atoms with Crippen molar-refractivity contribution in [1.82, 2.24) is 4.90 Å². The van der Waals surface area contributed by atoms with Crippen molar-refractivity contribution in [1.29, 1.82) is 0 Å². The van der Waals surface area contributed by atoms with Gasteiger partial charge in [0.05, 0.1) is 5.92 Å². The minimum Gasteiger partial charge on any atom is -0.480 e. The highest BCUT2D eigenvalue weighted by Crippen LogP contribution is 2.30. The molecule has 1 fully saturated rings. The van der Waals surface area contributed by atoms with Crippen molar-refractivity contribution in [2.24, 2.45) is 0 Å². The molecule has 0 spiro atoms. The lowest BCUT2D eigenvalue weighted by Crippen LogP contribution is -2.35. The minimum atomic E-state index is -1.21. The van der Waals surface area contributed by atoms with Gasteiger partial charge in [0, 0.05) is 11.4 Å². The molecule has 1 heterocycles. The largest absolute Gasteiger partial charge is 0.480 e. The zero-order chi connectivity index (χ0) is 13.3. The van der Waals surface area contributed by atoms with E-state index in [-0.39, 0.29) is 6.42 Å². The van der Waals surface area contributed by atoms with Crippen LogP contribution in [0.1, 0.15) is 17.9 Å². The number of imide groups is 1. The number of carbonyl (C=O) groups excluding carboxylic acids is 2. The summed E-state index contributed by atoms with van der Waals surface area (Å²) in [5.74, 6) is -2.78. The molecular formula is C12H10ClNO4. The number of carbonyl (C=O) groups is 3. The molecular weight excluding hydrogens is 258 g/mol. The van der Waals surface area contributed by atoms with Crippen molar-refractivity contribution >= 4 is 29.4 Å². The Balaban J connectivity index is 2.25. The van der Waals surface area contributed by atoms with Crippen LogP contribution in [0.5, 0.6) is 0 Å². The summed E-state index contributed by atoms with van der Waals surface area (Å²) < 4.78 is 0. The third-order valence-corrected chi connectivity index (χ3v) is 3.02. The van der Waals surface area contributed by atoms with Crippen LogP contribution in [-0.4, -0.2) is 34.3 Å². The lowest BCUT2D eigenvalue weighted by Gasteiger charge is -2.12. The zero-order valence-electron chi connectivity index (χ0n) is 9.30. The van der Waals surface area contributed by atoms with E-state index in [4.69, 9.17) is 16.7 Å². The quantitative estimate of drug-likeness (QED) is 0.837. The number of amides is 2. The Kier molecular flexibility index (Phi) is 3.34. The number of carboxylic acid groups (broad SMARTS) is 1. The van der Waals surface area contributed by atoms with Crippen LogP contribution >= 0.6 is 11.6 Å². The SMILES string of the molecule is O=C(O)CN1C(=O)CC(c2cccc(Cl)c2)C1=O. The number of hydrogen-bond donors (Lipinski definition) is 1. The van der Waals surface area contributed by atoms with Gasteiger partial charge >= 0.3 is 5.97 Å². The van der Waals surface area contributed by atoms with E-state index in [2.05, 4.69) is 0 Å². The van der Waals surface area contributed by atoms with Crippen LogP contribution in [-0.2, 0) is 14.4 Å². The van der Waals surface area contributed by atoms with E-state index in [0.717, 1.165) is 4.90 Å². The Morgan fingerprint density at radius 3 is 2.78 bits per heavy atom. The maximum Gasteiger partial charge on any atom is 0.323 e. The van der Waals surface area contributed by atoms with Crippen LogP contribution in [0.3, 0.4) is 0 Å². The summed E-state index contributed by atoms with van der Waals surface area (Å²) in [5, 5.41) is 9.12. The predicted octanol–water partition coefficient (Wildman–Crippen LogP) is 1.27. The Labute approximate surface area is 108 Å². The fourth-order valence-electron chi connectivity index (χ4n) is 1.97. The molecule has 0 aromatic heterocycles. The summed E-state index contributed by atoms with van der Waals surface area (Å²) in [7, 11) is 0. The predicted molar refractivity (Wildman–Crippen MR) is 63.2 cm³/mol. The molecule has 0 aliphatic carbocycles. The van der Waals surface area contributed by atoms with Crippen molar-refractivity contribution in [3.63, 3.8) is 0 Å². The molecule has 6 heteroatoms. The van der Waals surface area contributed by atoms with E-state index in [1.807, 2.05) is 0 Å². The van der Waals surface area contributed by atoms with Crippen LogP contribution in [0.25, 0.3) is 0 Å².